The van der Waals surface area contributed by atoms with E-state index in [1.54, 1.807) is 40.8 Å². The molecule has 2 aliphatic carbocycles. The third-order valence-electron chi connectivity index (χ3n) is 13.6. The van der Waals surface area contributed by atoms with E-state index in [0.717, 1.165) is 82.9 Å². The normalized spacial score (nSPS) is 20.0. The molecule has 2 saturated carbocycles. The number of aryl methyl sites for hydroxylation is 1. The third kappa shape index (κ3) is 8.85. The lowest BCUT2D eigenvalue weighted by atomic mass is 9.75. The van der Waals surface area contributed by atoms with Gasteiger partial charge in [-0.05, 0) is 144 Å². The van der Waals surface area contributed by atoms with Crippen LogP contribution < -0.4 is 25.2 Å². The van der Waals surface area contributed by atoms with E-state index in [1.807, 2.05) is 31.3 Å². The van der Waals surface area contributed by atoms with Crippen LogP contribution in [0.4, 0.5) is 25.1 Å². The number of urea groups is 1. The first-order valence-electron chi connectivity index (χ1n) is 21.9. The van der Waals surface area contributed by atoms with Gasteiger partial charge in [0.15, 0.2) is 17.4 Å². The Morgan fingerprint density at radius 2 is 1.81 bits per heavy atom. The Balaban J connectivity index is 0.895. The minimum Gasteiger partial charge on any atom is -0.453 e. The molecule has 3 aromatic carbocycles. The Kier molecular flexibility index (Phi) is 13.0. The van der Waals surface area contributed by atoms with Crippen LogP contribution in [0.3, 0.4) is 0 Å². The largest absolute Gasteiger partial charge is 0.453 e. The summed E-state index contributed by atoms with van der Waals surface area (Å²) < 4.78 is 45.4. The van der Waals surface area contributed by atoms with Crippen LogP contribution in [0, 0.1) is 28.4 Å². The Bertz CT molecular complexity index is 2610. The maximum Gasteiger partial charge on any atom is 0.329 e. The second kappa shape index (κ2) is 18.6. The molecule has 3 aliphatic rings. The Morgan fingerprint density at radius 3 is 2.52 bits per heavy atom. The van der Waals surface area contributed by atoms with Gasteiger partial charge in [-0.2, -0.15) is 10.4 Å². The van der Waals surface area contributed by atoms with Crippen molar-refractivity contribution < 1.29 is 23.1 Å². The molecule has 1 aliphatic heterocycles. The number of carbonyl (C=O) groups is 2. The molecule has 2 aromatic heterocycles. The van der Waals surface area contributed by atoms with Crippen LogP contribution in [0.5, 0.6) is 11.5 Å². The molecular formula is C46H54F2N10O4S. The van der Waals surface area contributed by atoms with Gasteiger partial charge in [0.05, 0.1) is 28.4 Å². The number of hydrogen-bond donors (Lipinski definition) is 2. The highest BCUT2D eigenvalue weighted by atomic mass is 32.2. The van der Waals surface area contributed by atoms with E-state index < -0.39 is 11.8 Å². The highest BCUT2D eigenvalue weighted by molar-refractivity contribution is 7.98. The zero-order valence-electron chi connectivity index (χ0n) is 36.2. The van der Waals surface area contributed by atoms with Gasteiger partial charge < -0.3 is 14.4 Å². The molecule has 1 unspecified atom stereocenters. The highest BCUT2D eigenvalue weighted by Gasteiger charge is 2.43. The molecule has 1 atom stereocenters. The van der Waals surface area contributed by atoms with E-state index in [2.05, 4.69) is 31.1 Å². The quantitative estimate of drug-likeness (QED) is 0.0862. The van der Waals surface area contributed by atoms with Crippen molar-refractivity contribution in [2.45, 2.75) is 96.1 Å². The summed E-state index contributed by atoms with van der Waals surface area (Å²) >= 11 is 1.29. The lowest BCUT2D eigenvalue weighted by Crippen LogP contribution is -2.45. The molecule has 0 bridgehead atoms. The number of aromatic nitrogens is 4. The third-order valence-corrected chi connectivity index (χ3v) is 14.5. The standard InChI is InChI=1S/C46H54F2N10O4S/c1-5-19-57(45(61)51-28-59)43-35-23-38(48)33(24-41(35)55(4)52-43)29-7-9-30(10-8-29)56-20-17-46(18-21-56)16-15-31(25-46)58-27-50-39-13-11-32(22-34(39)44(58)60)62-42-36(26-49)40(14-12-37(42)47)53-63-54(3)6-2/h11-14,22-24,27-31,53H,5-10,15-21,25H2,1-4H3,(H,51,59,61). The van der Waals surface area contributed by atoms with Crippen molar-refractivity contribution >= 4 is 57.9 Å². The van der Waals surface area contributed by atoms with Crippen LogP contribution in [-0.4, -0.2) is 80.2 Å². The van der Waals surface area contributed by atoms with Crippen molar-refractivity contribution in [3.8, 4) is 17.6 Å². The van der Waals surface area contributed by atoms with Crippen LogP contribution in [0.25, 0.3) is 21.8 Å². The molecule has 14 nitrogen and oxygen atoms in total. The summed E-state index contributed by atoms with van der Waals surface area (Å²) in [6.45, 7) is 6.98. The molecular weight excluding hydrogens is 827 g/mol. The molecule has 0 radical (unpaired) electrons. The van der Waals surface area contributed by atoms with Crippen LogP contribution in [-0.2, 0) is 11.8 Å². The fraction of sp³-hybridized carbons (Fsp3) is 0.478. The van der Waals surface area contributed by atoms with E-state index in [9.17, 15) is 19.6 Å². The number of fused-ring (bicyclic) bond motifs is 2. The van der Waals surface area contributed by atoms with Gasteiger partial charge in [-0.3, -0.25) is 29.1 Å². The van der Waals surface area contributed by atoms with Crippen LogP contribution in [0.2, 0.25) is 0 Å². The summed E-state index contributed by atoms with van der Waals surface area (Å²) in [4.78, 5) is 46.4. The van der Waals surface area contributed by atoms with Gasteiger partial charge in [0, 0.05) is 49.7 Å². The van der Waals surface area contributed by atoms with Crippen molar-refractivity contribution in [3.05, 3.63) is 81.9 Å². The number of ether oxygens (including phenoxy) is 1. The Hall–Kier alpha value is -5.57. The second-order valence-electron chi connectivity index (χ2n) is 17.3. The fourth-order valence-electron chi connectivity index (χ4n) is 10.0. The van der Waals surface area contributed by atoms with Crippen molar-refractivity contribution in [2.75, 3.05) is 42.8 Å². The van der Waals surface area contributed by atoms with Gasteiger partial charge in [-0.25, -0.2) is 22.9 Å². The van der Waals surface area contributed by atoms with Gasteiger partial charge in [-0.15, -0.1) is 0 Å². The number of nitrogens with one attached hydrogen (secondary N) is 2. The number of rotatable bonds is 13. The van der Waals surface area contributed by atoms with Crippen molar-refractivity contribution in [1.29, 1.82) is 5.26 Å². The molecule has 5 aromatic rings. The number of benzene rings is 3. The molecule has 332 valence electrons. The lowest BCUT2D eigenvalue weighted by molar-refractivity contribution is -0.108. The number of halogens is 2. The summed E-state index contributed by atoms with van der Waals surface area (Å²) in [6, 6.07) is 12.9. The molecule has 1 spiro atoms. The summed E-state index contributed by atoms with van der Waals surface area (Å²) in [6.07, 6.45) is 11.3. The first-order chi connectivity index (χ1) is 30.5. The van der Waals surface area contributed by atoms with Crippen LogP contribution >= 0.6 is 12.1 Å². The zero-order chi connectivity index (χ0) is 44.4. The van der Waals surface area contributed by atoms with Crippen molar-refractivity contribution in [1.82, 2.24) is 33.9 Å². The number of piperidine rings is 1. The minimum absolute atomic E-state index is 0.0102. The summed E-state index contributed by atoms with van der Waals surface area (Å²) in [7, 11) is 3.68. The van der Waals surface area contributed by atoms with Gasteiger partial charge in [0.2, 0.25) is 6.41 Å². The maximum atomic E-state index is 15.9. The summed E-state index contributed by atoms with van der Waals surface area (Å²) in [5.41, 5.74) is 2.36. The van der Waals surface area contributed by atoms with Crippen molar-refractivity contribution in [2.24, 2.45) is 12.5 Å². The van der Waals surface area contributed by atoms with E-state index in [-0.39, 0.29) is 45.8 Å². The zero-order valence-corrected chi connectivity index (χ0v) is 37.0. The van der Waals surface area contributed by atoms with Gasteiger partial charge in [0.25, 0.3) is 5.56 Å². The van der Waals surface area contributed by atoms with Gasteiger partial charge in [0.1, 0.15) is 23.2 Å². The predicted octanol–water partition coefficient (Wildman–Crippen LogP) is 8.77. The maximum absolute atomic E-state index is 15.9. The topological polar surface area (TPSA) is 154 Å². The number of hydrogen-bond acceptors (Lipinski definition) is 11. The minimum atomic E-state index is -0.684. The Morgan fingerprint density at radius 1 is 1.03 bits per heavy atom. The predicted molar refractivity (Wildman–Crippen MR) is 241 cm³/mol. The Labute approximate surface area is 369 Å². The molecule has 2 N–H and O–H groups in total. The monoisotopic (exact) mass is 880 g/mol. The van der Waals surface area contributed by atoms with Crippen molar-refractivity contribution in [3.63, 3.8) is 0 Å². The number of likely N-dealkylation sites (tertiary alicyclic amines) is 1. The average molecular weight is 881 g/mol. The molecule has 3 fully saturated rings. The van der Waals surface area contributed by atoms with E-state index in [1.165, 1.54) is 35.2 Å². The van der Waals surface area contributed by atoms with E-state index in [0.29, 0.717) is 58.8 Å². The SMILES string of the molecule is CCCN(C(=O)NC=O)c1nn(C)c2cc(C3CCC(N4CCC5(CCC(n6cnc7ccc(Oc8c(F)ccc(NSN(C)CC)c8C#N)cc7c6=O)C5)CC4)CC3)c(F)cc12. The van der Waals surface area contributed by atoms with Crippen LogP contribution in [0.15, 0.2) is 53.6 Å². The van der Waals surface area contributed by atoms with Gasteiger partial charge >= 0.3 is 6.03 Å². The summed E-state index contributed by atoms with van der Waals surface area (Å²) in [5, 5.41) is 17.6. The molecule has 17 heteroatoms. The smallest absolute Gasteiger partial charge is 0.329 e. The summed E-state index contributed by atoms with van der Waals surface area (Å²) in [5.74, 6) is -0.545. The lowest BCUT2D eigenvalue weighted by Gasteiger charge is -2.45. The number of nitrogens with zero attached hydrogens (tertiary/aromatic N) is 8. The second-order valence-corrected chi connectivity index (χ2v) is 18.3. The van der Waals surface area contributed by atoms with Gasteiger partial charge in [-0.1, -0.05) is 13.8 Å². The number of amides is 3. The number of carbonyl (C=O) groups excluding carboxylic acids is 2. The first kappa shape index (κ1) is 44.1. The molecule has 3 amide bonds. The van der Waals surface area contributed by atoms with E-state index >= 15 is 8.78 Å². The number of anilines is 2. The van der Waals surface area contributed by atoms with E-state index in [4.69, 9.17) is 4.74 Å². The number of imide groups is 1. The van der Waals surface area contributed by atoms with Crippen LogP contribution in [0.1, 0.15) is 101 Å². The molecule has 63 heavy (non-hydrogen) atoms. The molecule has 1 saturated heterocycles. The first-order valence-corrected chi connectivity index (χ1v) is 22.7. The fourth-order valence-corrected chi connectivity index (χ4v) is 10.6. The number of nitriles is 1. The highest BCUT2D eigenvalue weighted by Crippen LogP contribution is 2.51. The molecule has 3 heterocycles. The molecule has 8 rings (SSSR count). The average Bonchev–Trinajstić information content (AvgIpc) is 3.85.